The summed E-state index contributed by atoms with van der Waals surface area (Å²) in [5, 5.41) is 7.18. The van der Waals surface area contributed by atoms with Crippen molar-refractivity contribution in [2.24, 2.45) is 13.0 Å². The van der Waals surface area contributed by atoms with Crippen molar-refractivity contribution in [3.63, 3.8) is 0 Å². The lowest BCUT2D eigenvalue weighted by atomic mass is 10.1. The van der Waals surface area contributed by atoms with E-state index in [4.69, 9.17) is 16.3 Å². The van der Waals surface area contributed by atoms with E-state index in [1.54, 1.807) is 14.0 Å². The second-order valence-electron chi connectivity index (χ2n) is 7.27. The lowest BCUT2D eigenvalue weighted by Gasteiger charge is -2.21. The highest BCUT2D eigenvalue weighted by Crippen LogP contribution is 2.26. The molecule has 0 saturated carbocycles. The summed E-state index contributed by atoms with van der Waals surface area (Å²) in [7, 11) is 1.65. The lowest BCUT2D eigenvalue weighted by molar-refractivity contribution is -0.126. The van der Waals surface area contributed by atoms with E-state index in [-0.39, 0.29) is 22.5 Å². The van der Waals surface area contributed by atoms with Crippen molar-refractivity contribution >= 4 is 29.2 Å². The minimum absolute atomic E-state index is 0.190. The standard InChI is InChI=1S/C20H24ClN3O3/c1-11(2)17(27-20(26)16-12(3)23-24(4)18(16)21)19(25)22-15-9-8-13-6-5-7-14(13)10-15/h8-11,17H,5-7H2,1-4H3,(H,22,25). The number of halogens is 1. The molecule has 6 nitrogen and oxygen atoms in total. The first-order chi connectivity index (χ1) is 12.8. The SMILES string of the molecule is Cc1nn(C)c(Cl)c1C(=O)OC(C(=O)Nc1ccc2c(c1)CCC2)C(C)C. The molecule has 144 valence electrons. The first kappa shape index (κ1) is 19.4. The van der Waals surface area contributed by atoms with Crippen LogP contribution in [0.4, 0.5) is 5.69 Å². The van der Waals surface area contributed by atoms with Gasteiger partial charge in [0.25, 0.3) is 5.91 Å². The van der Waals surface area contributed by atoms with Crippen molar-refractivity contribution in [2.45, 2.75) is 46.1 Å². The summed E-state index contributed by atoms with van der Waals surface area (Å²) in [5.41, 5.74) is 3.98. The van der Waals surface area contributed by atoms with Gasteiger partial charge in [0, 0.05) is 12.7 Å². The van der Waals surface area contributed by atoms with Gasteiger partial charge in [0.05, 0.1) is 5.69 Å². The maximum Gasteiger partial charge on any atom is 0.344 e. The zero-order valence-corrected chi connectivity index (χ0v) is 16.8. The van der Waals surface area contributed by atoms with Gasteiger partial charge < -0.3 is 10.1 Å². The second kappa shape index (κ2) is 7.72. The van der Waals surface area contributed by atoms with Crippen LogP contribution in [0, 0.1) is 12.8 Å². The molecule has 1 aromatic carbocycles. The van der Waals surface area contributed by atoms with Gasteiger partial charge in [-0.2, -0.15) is 5.10 Å². The number of hydrogen-bond acceptors (Lipinski definition) is 4. The Morgan fingerprint density at radius 1 is 1.26 bits per heavy atom. The number of anilines is 1. The lowest BCUT2D eigenvalue weighted by Crippen LogP contribution is -2.36. The van der Waals surface area contributed by atoms with Crippen LogP contribution in [0.1, 0.15) is 47.4 Å². The Kier molecular flexibility index (Phi) is 5.56. The van der Waals surface area contributed by atoms with Crippen LogP contribution in [0.15, 0.2) is 18.2 Å². The summed E-state index contributed by atoms with van der Waals surface area (Å²) < 4.78 is 6.92. The van der Waals surface area contributed by atoms with Crippen molar-refractivity contribution in [3.8, 4) is 0 Å². The molecule has 1 amide bonds. The van der Waals surface area contributed by atoms with Crippen LogP contribution >= 0.6 is 11.6 Å². The number of rotatable bonds is 5. The van der Waals surface area contributed by atoms with E-state index in [2.05, 4.69) is 10.4 Å². The minimum Gasteiger partial charge on any atom is -0.448 e. The largest absolute Gasteiger partial charge is 0.448 e. The number of aromatic nitrogens is 2. The third-order valence-corrected chi connectivity index (χ3v) is 5.25. The maximum absolute atomic E-state index is 12.8. The smallest absolute Gasteiger partial charge is 0.344 e. The van der Waals surface area contributed by atoms with Crippen molar-refractivity contribution in [1.82, 2.24) is 9.78 Å². The summed E-state index contributed by atoms with van der Waals surface area (Å²) in [5.74, 6) is -1.19. The number of aryl methyl sites for hydroxylation is 4. The zero-order valence-electron chi connectivity index (χ0n) is 16.0. The summed E-state index contributed by atoms with van der Waals surface area (Å²) >= 11 is 6.13. The third kappa shape index (κ3) is 4.00. The number of nitrogens with one attached hydrogen (secondary N) is 1. The van der Waals surface area contributed by atoms with E-state index >= 15 is 0 Å². The maximum atomic E-state index is 12.8. The van der Waals surface area contributed by atoms with Gasteiger partial charge in [-0.3, -0.25) is 9.48 Å². The quantitative estimate of drug-likeness (QED) is 0.791. The molecular formula is C20H24ClN3O3. The van der Waals surface area contributed by atoms with E-state index in [9.17, 15) is 9.59 Å². The number of benzene rings is 1. The van der Waals surface area contributed by atoms with Gasteiger partial charge in [0.1, 0.15) is 10.7 Å². The molecule has 0 saturated heterocycles. The molecule has 27 heavy (non-hydrogen) atoms. The summed E-state index contributed by atoms with van der Waals surface area (Å²) in [6.07, 6.45) is 2.33. The van der Waals surface area contributed by atoms with Gasteiger partial charge in [-0.1, -0.05) is 31.5 Å². The Bertz CT molecular complexity index is 889. The molecule has 1 aromatic heterocycles. The van der Waals surface area contributed by atoms with Crippen LogP contribution in [-0.4, -0.2) is 27.8 Å². The Hall–Kier alpha value is -2.34. The fourth-order valence-electron chi connectivity index (χ4n) is 3.39. The van der Waals surface area contributed by atoms with Crippen LogP contribution in [0.25, 0.3) is 0 Å². The van der Waals surface area contributed by atoms with Crippen molar-refractivity contribution in [1.29, 1.82) is 0 Å². The second-order valence-corrected chi connectivity index (χ2v) is 7.63. The van der Waals surface area contributed by atoms with Gasteiger partial charge in [-0.15, -0.1) is 0 Å². The Labute approximate surface area is 163 Å². The number of esters is 1. The number of carbonyl (C=O) groups is 2. The molecule has 1 heterocycles. The van der Waals surface area contributed by atoms with Gasteiger partial charge in [-0.25, -0.2) is 4.79 Å². The summed E-state index contributed by atoms with van der Waals surface area (Å²) in [6, 6.07) is 5.94. The van der Waals surface area contributed by atoms with Crippen LogP contribution in [0.5, 0.6) is 0 Å². The molecule has 0 fully saturated rings. The molecule has 2 aromatic rings. The highest BCUT2D eigenvalue weighted by molar-refractivity contribution is 6.32. The van der Waals surface area contributed by atoms with Crippen LogP contribution in [-0.2, 0) is 29.4 Å². The molecule has 1 N–H and O–H groups in total. The number of carbonyl (C=O) groups excluding carboxylic acids is 2. The first-order valence-electron chi connectivity index (χ1n) is 9.10. The summed E-state index contributed by atoms with van der Waals surface area (Å²) in [4.78, 5) is 25.3. The Morgan fingerprint density at radius 2 is 1.96 bits per heavy atom. The number of amides is 1. The molecular weight excluding hydrogens is 366 g/mol. The van der Waals surface area contributed by atoms with Crippen molar-refractivity contribution in [3.05, 3.63) is 45.7 Å². The van der Waals surface area contributed by atoms with E-state index in [1.807, 2.05) is 32.0 Å². The van der Waals surface area contributed by atoms with Gasteiger partial charge in [-0.05, 0) is 55.4 Å². The molecule has 0 aliphatic heterocycles. The van der Waals surface area contributed by atoms with Gasteiger partial charge in [0.2, 0.25) is 0 Å². The number of hydrogen-bond donors (Lipinski definition) is 1. The molecule has 0 spiro atoms. The highest BCUT2D eigenvalue weighted by Gasteiger charge is 2.30. The Morgan fingerprint density at radius 3 is 2.59 bits per heavy atom. The fourth-order valence-corrected chi connectivity index (χ4v) is 3.64. The monoisotopic (exact) mass is 389 g/mol. The predicted octanol–water partition coefficient (Wildman–Crippen LogP) is 3.69. The highest BCUT2D eigenvalue weighted by atomic mass is 35.5. The predicted molar refractivity (Wildman–Crippen MR) is 104 cm³/mol. The van der Waals surface area contributed by atoms with Crippen molar-refractivity contribution in [2.75, 3.05) is 5.32 Å². The molecule has 7 heteroatoms. The van der Waals surface area contributed by atoms with E-state index in [0.717, 1.165) is 24.9 Å². The molecule has 0 bridgehead atoms. The third-order valence-electron chi connectivity index (χ3n) is 4.82. The Balaban J connectivity index is 1.75. The molecule has 1 aliphatic rings. The van der Waals surface area contributed by atoms with E-state index < -0.39 is 12.1 Å². The van der Waals surface area contributed by atoms with E-state index in [1.165, 1.54) is 15.8 Å². The van der Waals surface area contributed by atoms with E-state index in [0.29, 0.717) is 5.69 Å². The first-order valence-corrected chi connectivity index (χ1v) is 9.48. The fraction of sp³-hybridized carbons (Fsp3) is 0.450. The molecule has 1 unspecified atom stereocenters. The number of fused-ring (bicyclic) bond motifs is 1. The van der Waals surface area contributed by atoms with Crippen LogP contribution in [0.3, 0.4) is 0 Å². The number of ether oxygens (including phenoxy) is 1. The number of nitrogens with zero attached hydrogens (tertiary/aromatic N) is 2. The van der Waals surface area contributed by atoms with Crippen molar-refractivity contribution < 1.29 is 14.3 Å². The minimum atomic E-state index is -0.929. The normalized spacial score (nSPS) is 14.1. The molecule has 1 atom stereocenters. The molecule has 1 aliphatic carbocycles. The average molecular weight is 390 g/mol. The topological polar surface area (TPSA) is 73.2 Å². The summed E-state index contributed by atoms with van der Waals surface area (Å²) in [6.45, 7) is 5.34. The average Bonchev–Trinajstić information content (AvgIpc) is 3.16. The molecule has 0 radical (unpaired) electrons. The molecule has 3 rings (SSSR count). The van der Waals surface area contributed by atoms with Crippen LogP contribution < -0.4 is 5.32 Å². The van der Waals surface area contributed by atoms with Gasteiger partial charge >= 0.3 is 5.97 Å². The zero-order chi connectivity index (χ0) is 19.7. The van der Waals surface area contributed by atoms with Gasteiger partial charge in [0.15, 0.2) is 6.10 Å². The van der Waals surface area contributed by atoms with Crippen LogP contribution in [0.2, 0.25) is 5.15 Å².